The van der Waals surface area contributed by atoms with Crippen molar-refractivity contribution in [3.63, 3.8) is 0 Å². The van der Waals surface area contributed by atoms with Crippen LogP contribution in [-0.2, 0) is 4.74 Å². The van der Waals surface area contributed by atoms with E-state index in [1.54, 1.807) is 0 Å². The number of carbonyl (C=O) groups is 1. The Kier molecular flexibility index (Phi) is 7.50. The Morgan fingerprint density at radius 3 is 2.24 bits per heavy atom. The second-order valence-electron chi connectivity index (χ2n) is 7.13. The molecule has 0 saturated heterocycles. The summed E-state index contributed by atoms with van der Waals surface area (Å²) in [6.45, 7) is 11.8. The van der Waals surface area contributed by atoms with Gasteiger partial charge >= 0.3 is 6.09 Å². The molecule has 0 aromatic carbocycles. The topological polar surface area (TPSA) is 41.6 Å². The lowest BCUT2D eigenvalue weighted by molar-refractivity contribution is 0.0234. The first-order valence-corrected chi connectivity index (χ1v) is 8.60. The molecule has 4 heteroatoms. The number of hydrogen-bond acceptors (Lipinski definition) is 3. The van der Waals surface area contributed by atoms with Gasteiger partial charge in [0.2, 0.25) is 0 Å². The maximum absolute atomic E-state index is 12.2. The molecule has 0 unspecified atom stereocenters. The summed E-state index contributed by atoms with van der Waals surface area (Å²) in [6, 6.07) is 0.983. The van der Waals surface area contributed by atoms with E-state index < -0.39 is 5.60 Å². The van der Waals surface area contributed by atoms with Crippen molar-refractivity contribution in [1.29, 1.82) is 0 Å². The number of ether oxygens (including phenoxy) is 1. The van der Waals surface area contributed by atoms with E-state index in [4.69, 9.17) is 4.74 Å². The van der Waals surface area contributed by atoms with Gasteiger partial charge in [0.1, 0.15) is 5.60 Å². The molecule has 1 fully saturated rings. The highest BCUT2D eigenvalue weighted by molar-refractivity contribution is 5.69. The Hall–Kier alpha value is -0.770. The van der Waals surface area contributed by atoms with Crippen LogP contribution in [-0.4, -0.2) is 41.8 Å². The molecule has 0 heterocycles. The fraction of sp³-hybridized carbons (Fsp3) is 0.941. The number of nitrogens with zero attached hydrogens (tertiary/aromatic N) is 1. The molecular formula is C17H34N2O2. The second-order valence-corrected chi connectivity index (χ2v) is 7.13. The third-order valence-electron chi connectivity index (χ3n) is 3.68. The number of amides is 1. The zero-order valence-electron chi connectivity index (χ0n) is 14.6. The molecule has 0 bridgehead atoms. The summed E-state index contributed by atoms with van der Waals surface area (Å²) in [7, 11) is 0. The van der Waals surface area contributed by atoms with Crippen LogP contribution in [0.4, 0.5) is 4.79 Å². The molecule has 0 spiro atoms. The average Bonchev–Trinajstić information content (AvgIpc) is 3.17. The minimum atomic E-state index is -0.412. The van der Waals surface area contributed by atoms with Crippen molar-refractivity contribution in [2.45, 2.75) is 90.8 Å². The third kappa shape index (κ3) is 7.70. The van der Waals surface area contributed by atoms with Gasteiger partial charge in [-0.1, -0.05) is 26.7 Å². The van der Waals surface area contributed by atoms with E-state index in [9.17, 15) is 4.79 Å². The predicted molar refractivity (Wildman–Crippen MR) is 87.6 cm³/mol. The Morgan fingerprint density at radius 2 is 1.81 bits per heavy atom. The van der Waals surface area contributed by atoms with Gasteiger partial charge in [0.15, 0.2) is 0 Å². The molecule has 0 radical (unpaired) electrons. The van der Waals surface area contributed by atoms with E-state index in [2.05, 4.69) is 19.2 Å². The van der Waals surface area contributed by atoms with E-state index >= 15 is 0 Å². The molecule has 1 saturated carbocycles. The molecule has 1 amide bonds. The molecule has 1 rings (SSSR count). The highest BCUT2D eigenvalue weighted by atomic mass is 16.6. The van der Waals surface area contributed by atoms with Crippen LogP contribution < -0.4 is 5.32 Å². The lowest BCUT2D eigenvalue weighted by Gasteiger charge is -2.28. The standard InChI is InChI=1S/C17H34N2O2/c1-6-8-14(9-7-2)18-12-13-19(15-10-11-15)16(20)21-17(3,4)5/h14-15,18H,6-13H2,1-5H3. The number of hydrogen-bond donors (Lipinski definition) is 1. The van der Waals surface area contributed by atoms with Crippen molar-refractivity contribution in [2.75, 3.05) is 13.1 Å². The van der Waals surface area contributed by atoms with Crippen LogP contribution in [0.3, 0.4) is 0 Å². The number of carbonyl (C=O) groups excluding carboxylic acids is 1. The zero-order valence-corrected chi connectivity index (χ0v) is 14.6. The average molecular weight is 298 g/mol. The molecule has 1 N–H and O–H groups in total. The van der Waals surface area contributed by atoms with Crippen LogP contribution in [0.2, 0.25) is 0 Å². The Balaban J connectivity index is 2.39. The Bertz CT molecular complexity index is 302. The van der Waals surface area contributed by atoms with Gasteiger partial charge in [-0.2, -0.15) is 0 Å². The van der Waals surface area contributed by atoms with Crippen LogP contribution in [0.5, 0.6) is 0 Å². The van der Waals surface area contributed by atoms with Gasteiger partial charge in [0.25, 0.3) is 0 Å². The van der Waals surface area contributed by atoms with Crippen molar-refractivity contribution < 1.29 is 9.53 Å². The molecule has 4 nitrogen and oxygen atoms in total. The van der Waals surface area contributed by atoms with Crippen LogP contribution >= 0.6 is 0 Å². The molecule has 124 valence electrons. The second kappa shape index (κ2) is 8.62. The lowest BCUT2D eigenvalue weighted by atomic mass is 10.1. The molecule has 21 heavy (non-hydrogen) atoms. The van der Waals surface area contributed by atoms with Crippen molar-refractivity contribution in [1.82, 2.24) is 10.2 Å². The summed E-state index contributed by atoms with van der Waals surface area (Å²) in [5, 5.41) is 3.60. The van der Waals surface area contributed by atoms with Crippen LogP contribution in [0.15, 0.2) is 0 Å². The fourth-order valence-corrected chi connectivity index (χ4v) is 2.56. The van der Waals surface area contributed by atoms with Crippen LogP contribution in [0.25, 0.3) is 0 Å². The first kappa shape index (κ1) is 18.3. The summed E-state index contributed by atoms with van der Waals surface area (Å²) in [6.07, 6.45) is 6.91. The van der Waals surface area contributed by atoms with Crippen LogP contribution in [0.1, 0.15) is 73.1 Å². The summed E-state index contributed by atoms with van der Waals surface area (Å²) in [4.78, 5) is 14.2. The molecule has 1 aliphatic rings. The summed E-state index contributed by atoms with van der Waals surface area (Å²) in [5.41, 5.74) is -0.412. The maximum Gasteiger partial charge on any atom is 0.410 e. The van der Waals surface area contributed by atoms with Gasteiger partial charge in [0.05, 0.1) is 0 Å². The quantitative estimate of drug-likeness (QED) is 0.701. The molecular weight excluding hydrogens is 264 g/mol. The van der Waals surface area contributed by atoms with E-state index in [1.165, 1.54) is 25.7 Å². The maximum atomic E-state index is 12.2. The Labute approximate surface area is 130 Å². The highest BCUT2D eigenvalue weighted by Crippen LogP contribution is 2.28. The van der Waals surface area contributed by atoms with Gasteiger partial charge in [-0.05, 0) is 46.5 Å². The largest absolute Gasteiger partial charge is 0.444 e. The summed E-state index contributed by atoms with van der Waals surface area (Å²) < 4.78 is 5.51. The SMILES string of the molecule is CCCC(CCC)NCCN(C(=O)OC(C)(C)C)C1CC1. The molecule has 1 aliphatic carbocycles. The zero-order chi connectivity index (χ0) is 15.9. The van der Waals surface area contributed by atoms with E-state index in [1.807, 2.05) is 25.7 Å². The third-order valence-corrected chi connectivity index (χ3v) is 3.68. The first-order chi connectivity index (χ1) is 9.87. The summed E-state index contributed by atoms with van der Waals surface area (Å²) in [5.74, 6) is 0. The normalized spacial score (nSPS) is 15.3. The van der Waals surface area contributed by atoms with E-state index in [0.29, 0.717) is 12.1 Å². The van der Waals surface area contributed by atoms with E-state index in [-0.39, 0.29) is 6.09 Å². The molecule has 0 aromatic rings. The highest BCUT2D eigenvalue weighted by Gasteiger charge is 2.34. The van der Waals surface area contributed by atoms with E-state index in [0.717, 1.165) is 25.9 Å². The first-order valence-electron chi connectivity index (χ1n) is 8.60. The monoisotopic (exact) mass is 298 g/mol. The molecule has 0 atom stereocenters. The van der Waals surface area contributed by atoms with Gasteiger partial charge in [-0.25, -0.2) is 4.79 Å². The van der Waals surface area contributed by atoms with Crippen molar-refractivity contribution in [2.24, 2.45) is 0 Å². The van der Waals surface area contributed by atoms with Crippen molar-refractivity contribution in [3.05, 3.63) is 0 Å². The summed E-state index contributed by atoms with van der Waals surface area (Å²) >= 11 is 0. The van der Waals surface area contributed by atoms with Gasteiger partial charge in [-0.3, -0.25) is 0 Å². The lowest BCUT2D eigenvalue weighted by Crippen LogP contribution is -2.43. The minimum Gasteiger partial charge on any atom is -0.444 e. The van der Waals surface area contributed by atoms with Crippen molar-refractivity contribution in [3.8, 4) is 0 Å². The predicted octanol–water partition coefficient (Wildman–Crippen LogP) is 3.94. The van der Waals surface area contributed by atoms with Gasteiger partial charge in [0, 0.05) is 25.2 Å². The Morgan fingerprint density at radius 1 is 1.24 bits per heavy atom. The fourth-order valence-electron chi connectivity index (χ4n) is 2.56. The van der Waals surface area contributed by atoms with Crippen molar-refractivity contribution >= 4 is 6.09 Å². The smallest absolute Gasteiger partial charge is 0.410 e. The molecule has 0 aliphatic heterocycles. The number of nitrogens with one attached hydrogen (secondary N) is 1. The van der Waals surface area contributed by atoms with Gasteiger partial charge in [-0.15, -0.1) is 0 Å². The van der Waals surface area contributed by atoms with Gasteiger partial charge < -0.3 is 15.0 Å². The minimum absolute atomic E-state index is 0.158. The van der Waals surface area contributed by atoms with Crippen LogP contribution in [0, 0.1) is 0 Å². The molecule has 0 aromatic heterocycles. The number of rotatable bonds is 9.